The first-order valence-corrected chi connectivity index (χ1v) is 10.8. The molecule has 0 saturated carbocycles. The monoisotopic (exact) mass is 422 g/mol. The molecular formula is C22H22N4O3S. The van der Waals surface area contributed by atoms with Crippen LogP contribution >= 0.6 is 11.8 Å². The molecule has 154 valence electrons. The van der Waals surface area contributed by atoms with Crippen molar-refractivity contribution in [3.63, 3.8) is 0 Å². The lowest BCUT2D eigenvalue weighted by molar-refractivity contribution is -0.118. The minimum Gasteiger partial charge on any atom is -0.482 e. The van der Waals surface area contributed by atoms with Crippen LogP contribution in [-0.4, -0.2) is 28.8 Å². The molecule has 2 atom stereocenters. The van der Waals surface area contributed by atoms with Gasteiger partial charge in [-0.2, -0.15) is 0 Å². The number of nitrogens with zero attached hydrogens (tertiary/aromatic N) is 2. The van der Waals surface area contributed by atoms with Gasteiger partial charge in [0.05, 0.1) is 35.5 Å². The van der Waals surface area contributed by atoms with Crippen LogP contribution in [0.4, 0.5) is 5.69 Å². The molecule has 2 aromatic carbocycles. The number of hydrogen-bond donors (Lipinski definition) is 2. The summed E-state index contributed by atoms with van der Waals surface area (Å²) in [7, 11) is 0. The minimum atomic E-state index is -0.134. The average molecular weight is 423 g/mol. The van der Waals surface area contributed by atoms with Gasteiger partial charge >= 0.3 is 0 Å². The van der Waals surface area contributed by atoms with Crippen molar-refractivity contribution >= 4 is 23.4 Å². The Bertz CT molecular complexity index is 1070. The van der Waals surface area contributed by atoms with Crippen LogP contribution in [0.2, 0.25) is 0 Å². The van der Waals surface area contributed by atoms with Gasteiger partial charge in [0.2, 0.25) is 0 Å². The van der Waals surface area contributed by atoms with Gasteiger partial charge in [-0.05, 0) is 30.2 Å². The third-order valence-electron chi connectivity index (χ3n) is 5.18. The molecule has 30 heavy (non-hydrogen) atoms. The molecule has 1 aromatic heterocycles. The number of aromatic nitrogens is 2. The number of thioether (sulfide) groups is 1. The number of carbonyl (C=O) groups excluding carboxylic acids is 1. The molecule has 2 unspecified atom stereocenters. The van der Waals surface area contributed by atoms with Crippen molar-refractivity contribution < 1.29 is 14.3 Å². The van der Waals surface area contributed by atoms with Gasteiger partial charge in [-0.1, -0.05) is 48.2 Å². The molecule has 0 fully saturated rings. The molecule has 8 heteroatoms. The van der Waals surface area contributed by atoms with Crippen LogP contribution in [-0.2, 0) is 16.1 Å². The highest BCUT2D eigenvalue weighted by Gasteiger charge is 2.34. The van der Waals surface area contributed by atoms with E-state index in [2.05, 4.69) is 33.9 Å². The molecule has 1 amide bonds. The number of ether oxygens (including phenoxy) is 2. The highest BCUT2D eigenvalue weighted by Crippen LogP contribution is 2.48. The zero-order chi connectivity index (χ0) is 20.5. The van der Waals surface area contributed by atoms with E-state index < -0.39 is 0 Å². The Kier molecular flexibility index (Phi) is 5.10. The first kappa shape index (κ1) is 19.0. The minimum absolute atomic E-state index is 0.0107. The number of amides is 1. The van der Waals surface area contributed by atoms with Crippen LogP contribution < -0.4 is 15.5 Å². The molecule has 7 nitrogen and oxygen atoms in total. The predicted molar refractivity (Wildman–Crippen MR) is 115 cm³/mol. The number of nitrogens with one attached hydrogen (secondary N) is 2. The van der Waals surface area contributed by atoms with Crippen molar-refractivity contribution in [2.45, 2.75) is 30.0 Å². The van der Waals surface area contributed by atoms with Gasteiger partial charge in [-0.3, -0.25) is 4.79 Å². The second kappa shape index (κ2) is 8.04. The first-order valence-electron chi connectivity index (χ1n) is 9.92. The van der Waals surface area contributed by atoms with E-state index in [1.54, 1.807) is 11.8 Å². The van der Waals surface area contributed by atoms with Gasteiger partial charge < -0.3 is 20.2 Å². The molecule has 0 saturated heterocycles. The Morgan fingerprint density at radius 2 is 2.10 bits per heavy atom. The summed E-state index contributed by atoms with van der Waals surface area (Å²) in [5.74, 6) is 0.564. The van der Waals surface area contributed by atoms with E-state index in [1.165, 1.54) is 5.56 Å². The Balaban J connectivity index is 1.53. The number of carbonyl (C=O) groups is 1. The largest absolute Gasteiger partial charge is 0.482 e. The smallest absolute Gasteiger partial charge is 0.262 e. The van der Waals surface area contributed by atoms with Crippen molar-refractivity contribution in [3.8, 4) is 5.75 Å². The lowest BCUT2D eigenvalue weighted by atomic mass is 9.98. The van der Waals surface area contributed by atoms with Crippen molar-refractivity contribution in [2.75, 3.05) is 24.0 Å². The summed E-state index contributed by atoms with van der Waals surface area (Å²) in [5.41, 5.74) is 7.61. The maximum atomic E-state index is 11.8. The maximum absolute atomic E-state index is 11.8. The Morgan fingerprint density at radius 3 is 2.93 bits per heavy atom. The summed E-state index contributed by atoms with van der Waals surface area (Å²) in [4.78, 5) is 16.4. The third-order valence-corrected chi connectivity index (χ3v) is 6.48. The number of rotatable bonds is 5. The van der Waals surface area contributed by atoms with Crippen LogP contribution in [0.5, 0.6) is 5.75 Å². The zero-order valence-corrected chi connectivity index (χ0v) is 17.3. The molecule has 3 heterocycles. The fraction of sp³-hybridized carbons (Fsp3) is 0.273. The lowest BCUT2D eigenvalue weighted by Crippen LogP contribution is -2.31. The van der Waals surface area contributed by atoms with Crippen LogP contribution in [0.3, 0.4) is 0 Å². The van der Waals surface area contributed by atoms with Gasteiger partial charge in [0, 0.05) is 6.61 Å². The van der Waals surface area contributed by atoms with E-state index in [4.69, 9.17) is 9.47 Å². The fourth-order valence-electron chi connectivity index (χ4n) is 3.73. The highest BCUT2D eigenvalue weighted by molar-refractivity contribution is 7.99. The molecule has 0 radical (unpaired) electrons. The molecule has 2 aliphatic heterocycles. The molecule has 0 bridgehead atoms. The third kappa shape index (κ3) is 3.53. The Labute approximate surface area is 178 Å². The van der Waals surface area contributed by atoms with Crippen molar-refractivity contribution in [2.24, 2.45) is 0 Å². The van der Waals surface area contributed by atoms with Crippen molar-refractivity contribution in [1.29, 1.82) is 0 Å². The van der Waals surface area contributed by atoms with E-state index in [-0.39, 0.29) is 23.8 Å². The molecule has 0 spiro atoms. The predicted octanol–water partition coefficient (Wildman–Crippen LogP) is 3.88. The van der Waals surface area contributed by atoms with Gasteiger partial charge in [0.1, 0.15) is 5.75 Å². The second-order valence-corrected chi connectivity index (χ2v) is 8.26. The molecule has 2 aliphatic rings. The first-order chi connectivity index (χ1) is 14.7. The van der Waals surface area contributed by atoms with Crippen molar-refractivity contribution in [3.05, 3.63) is 71.5 Å². The van der Waals surface area contributed by atoms with Gasteiger partial charge in [0.25, 0.3) is 5.91 Å². The SMILES string of the molecule is CCOCc1cnc2n1NC(c1ccccc1)C(c1ccc3c(c1)NC(=O)CO3)S2. The molecule has 0 aliphatic carbocycles. The quantitative estimate of drug-likeness (QED) is 0.650. The number of fused-ring (bicyclic) bond motifs is 2. The van der Waals surface area contributed by atoms with E-state index in [0.29, 0.717) is 24.7 Å². The van der Waals surface area contributed by atoms with Crippen LogP contribution in [0, 0.1) is 0 Å². The Hall–Kier alpha value is -2.97. The number of anilines is 1. The van der Waals surface area contributed by atoms with Crippen LogP contribution in [0.1, 0.15) is 35.0 Å². The summed E-state index contributed by atoms with van der Waals surface area (Å²) in [6.45, 7) is 3.20. The molecule has 5 rings (SSSR count). The highest BCUT2D eigenvalue weighted by atomic mass is 32.2. The average Bonchev–Trinajstić information content (AvgIpc) is 3.18. The number of benzene rings is 2. The zero-order valence-electron chi connectivity index (χ0n) is 16.5. The topological polar surface area (TPSA) is 77.4 Å². The van der Waals surface area contributed by atoms with Crippen LogP contribution in [0.15, 0.2) is 59.9 Å². The standard InChI is InChI=1S/C22H22N4O3S/c1-2-28-12-16-11-23-22-26(16)25-20(14-6-4-3-5-7-14)21(30-22)15-8-9-18-17(10-15)24-19(27)13-29-18/h3-11,20-21,25H,2,12-13H2,1H3,(H,24,27). The maximum Gasteiger partial charge on any atom is 0.262 e. The van der Waals surface area contributed by atoms with Gasteiger partial charge in [-0.15, -0.1) is 0 Å². The molecule has 3 aromatic rings. The number of hydrogen-bond acceptors (Lipinski definition) is 6. The van der Waals surface area contributed by atoms with Gasteiger partial charge in [-0.25, -0.2) is 9.66 Å². The normalized spacial score (nSPS) is 19.8. The van der Waals surface area contributed by atoms with E-state index in [9.17, 15) is 4.79 Å². The molecule has 2 N–H and O–H groups in total. The Morgan fingerprint density at radius 1 is 1.23 bits per heavy atom. The van der Waals surface area contributed by atoms with Crippen LogP contribution in [0.25, 0.3) is 0 Å². The summed E-state index contributed by atoms with van der Waals surface area (Å²) in [6.07, 6.45) is 1.86. The van der Waals surface area contributed by atoms with E-state index >= 15 is 0 Å². The number of imidazole rings is 1. The summed E-state index contributed by atoms with van der Waals surface area (Å²) >= 11 is 1.70. The van der Waals surface area contributed by atoms with Crippen molar-refractivity contribution in [1.82, 2.24) is 9.66 Å². The summed E-state index contributed by atoms with van der Waals surface area (Å²) in [5, 5.41) is 3.86. The summed E-state index contributed by atoms with van der Waals surface area (Å²) in [6, 6.07) is 16.4. The lowest BCUT2D eigenvalue weighted by Gasteiger charge is -2.35. The fourth-order valence-corrected chi connectivity index (χ4v) is 4.99. The summed E-state index contributed by atoms with van der Waals surface area (Å²) < 4.78 is 13.2. The van der Waals surface area contributed by atoms with E-state index in [0.717, 1.165) is 16.4 Å². The molecular weight excluding hydrogens is 400 g/mol. The second-order valence-electron chi connectivity index (χ2n) is 7.15. The van der Waals surface area contributed by atoms with E-state index in [1.807, 2.05) is 48.1 Å². The van der Waals surface area contributed by atoms with Gasteiger partial charge in [0.15, 0.2) is 11.8 Å².